The van der Waals surface area contributed by atoms with Crippen molar-refractivity contribution < 1.29 is 9.84 Å². The average molecular weight is 254 g/mol. The molecule has 2 rings (SSSR count). The first-order valence-corrected chi connectivity index (χ1v) is 7.86. The van der Waals surface area contributed by atoms with E-state index >= 15 is 0 Å². The van der Waals surface area contributed by atoms with Gasteiger partial charge >= 0.3 is 0 Å². The molecule has 18 heavy (non-hydrogen) atoms. The fraction of sp³-hybridized carbons (Fsp3) is 1.00. The summed E-state index contributed by atoms with van der Waals surface area (Å²) in [5.41, 5.74) is 0. The second-order valence-electron chi connectivity index (χ2n) is 6.75. The minimum Gasteiger partial charge on any atom is -0.396 e. The highest BCUT2D eigenvalue weighted by Crippen LogP contribution is 2.46. The van der Waals surface area contributed by atoms with Gasteiger partial charge in [-0.05, 0) is 62.2 Å². The van der Waals surface area contributed by atoms with Gasteiger partial charge in [0.2, 0.25) is 0 Å². The van der Waals surface area contributed by atoms with Crippen molar-refractivity contribution in [1.29, 1.82) is 0 Å². The lowest BCUT2D eigenvalue weighted by Gasteiger charge is -2.46. The first-order chi connectivity index (χ1) is 8.63. The highest BCUT2D eigenvalue weighted by Gasteiger charge is 2.39. The molecule has 4 unspecified atom stereocenters. The van der Waals surface area contributed by atoms with Gasteiger partial charge in [0.15, 0.2) is 0 Å². The zero-order valence-corrected chi connectivity index (χ0v) is 12.3. The third-order valence-electron chi connectivity index (χ3n) is 5.57. The quantitative estimate of drug-likeness (QED) is 0.817. The first-order valence-electron chi connectivity index (χ1n) is 7.86. The SMILES string of the molecule is CC1CCC([C@@H](C)CO)C2CCO[C@@H](C)CCC12. The van der Waals surface area contributed by atoms with Gasteiger partial charge in [0, 0.05) is 13.2 Å². The summed E-state index contributed by atoms with van der Waals surface area (Å²) < 4.78 is 5.87. The Hall–Kier alpha value is -0.0800. The van der Waals surface area contributed by atoms with Crippen molar-refractivity contribution in [1.82, 2.24) is 0 Å². The van der Waals surface area contributed by atoms with Crippen LogP contribution in [0.3, 0.4) is 0 Å². The Morgan fingerprint density at radius 2 is 1.83 bits per heavy atom. The zero-order valence-electron chi connectivity index (χ0n) is 12.3. The molecule has 0 bridgehead atoms. The maximum Gasteiger partial charge on any atom is 0.0547 e. The maximum absolute atomic E-state index is 9.48. The number of fused-ring (bicyclic) bond motifs is 1. The normalized spacial score (nSPS) is 43.7. The highest BCUT2D eigenvalue weighted by molar-refractivity contribution is 4.89. The third-order valence-corrected chi connectivity index (χ3v) is 5.57. The molecule has 1 aliphatic heterocycles. The fourth-order valence-electron chi connectivity index (χ4n) is 4.31. The van der Waals surface area contributed by atoms with E-state index in [4.69, 9.17) is 4.74 Å². The van der Waals surface area contributed by atoms with Crippen LogP contribution in [0.15, 0.2) is 0 Å². The molecule has 2 aliphatic rings. The fourth-order valence-corrected chi connectivity index (χ4v) is 4.31. The predicted molar refractivity (Wildman–Crippen MR) is 74.4 cm³/mol. The van der Waals surface area contributed by atoms with Gasteiger partial charge in [-0.1, -0.05) is 20.3 Å². The second kappa shape index (κ2) is 6.38. The molecule has 0 aromatic rings. The van der Waals surface area contributed by atoms with Crippen molar-refractivity contribution in [3.8, 4) is 0 Å². The van der Waals surface area contributed by atoms with Crippen LogP contribution in [0.4, 0.5) is 0 Å². The van der Waals surface area contributed by atoms with Crippen molar-refractivity contribution in [2.75, 3.05) is 13.2 Å². The molecule has 1 heterocycles. The highest BCUT2D eigenvalue weighted by atomic mass is 16.5. The Balaban J connectivity index is 2.09. The van der Waals surface area contributed by atoms with Crippen molar-refractivity contribution >= 4 is 0 Å². The zero-order chi connectivity index (χ0) is 13.1. The number of ether oxygens (including phenoxy) is 1. The van der Waals surface area contributed by atoms with Crippen LogP contribution in [0.5, 0.6) is 0 Å². The van der Waals surface area contributed by atoms with E-state index in [0.717, 1.165) is 24.4 Å². The molecule has 106 valence electrons. The van der Waals surface area contributed by atoms with E-state index in [9.17, 15) is 5.11 Å². The topological polar surface area (TPSA) is 29.5 Å². The smallest absolute Gasteiger partial charge is 0.0547 e. The van der Waals surface area contributed by atoms with Crippen LogP contribution in [-0.4, -0.2) is 24.4 Å². The lowest BCUT2D eigenvalue weighted by Crippen LogP contribution is -2.40. The van der Waals surface area contributed by atoms with Gasteiger partial charge in [0.05, 0.1) is 6.10 Å². The molecular formula is C16H30O2. The lowest BCUT2D eigenvalue weighted by molar-refractivity contribution is -0.0319. The largest absolute Gasteiger partial charge is 0.396 e. The van der Waals surface area contributed by atoms with Gasteiger partial charge in [-0.15, -0.1) is 0 Å². The molecule has 2 nitrogen and oxygen atoms in total. The molecule has 0 aromatic heterocycles. The van der Waals surface area contributed by atoms with E-state index in [1.54, 1.807) is 0 Å². The van der Waals surface area contributed by atoms with E-state index in [0.29, 0.717) is 24.5 Å². The minimum absolute atomic E-state index is 0.347. The minimum atomic E-state index is 0.347. The average Bonchev–Trinajstić information content (AvgIpc) is 2.34. The summed E-state index contributed by atoms with van der Waals surface area (Å²) >= 11 is 0. The molecule has 1 N–H and O–H groups in total. The lowest BCUT2D eigenvalue weighted by atomic mass is 9.61. The van der Waals surface area contributed by atoms with Crippen LogP contribution in [0.25, 0.3) is 0 Å². The van der Waals surface area contributed by atoms with Gasteiger partial charge < -0.3 is 9.84 Å². The standard InChI is InChI=1S/C16H30O2/c1-11-4-6-15(12(2)10-17)16-8-9-18-13(3)5-7-14(11)16/h11-17H,4-10H2,1-3H3/t11?,12-,13-,14?,15?,16?/m0/s1. The molecule has 0 aromatic carbocycles. The van der Waals surface area contributed by atoms with Crippen LogP contribution < -0.4 is 0 Å². The third kappa shape index (κ3) is 3.08. The second-order valence-corrected chi connectivity index (χ2v) is 6.75. The molecule has 6 atom stereocenters. The van der Waals surface area contributed by atoms with Crippen LogP contribution in [0.2, 0.25) is 0 Å². The Labute approximate surface area is 112 Å². The van der Waals surface area contributed by atoms with E-state index in [1.807, 2.05) is 0 Å². The molecule has 2 fully saturated rings. The predicted octanol–water partition coefficient (Wildman–Crippen LogP) is 3.48. The van der Waals surface area contributed by atoms with E-state index < -0.39 is 0 Å². The summed E-state index contributed by atoms with van der Waals surface area (Å²) in [7, 11) is 0. The van der Waals surface area contributed by atoms with Gasteiger partial charge in [-0.2, -0.15) is 0 Å². The number of aliphatic hydroxyl groups is 1. The Morgan fingerprint density at radius 1 is 1.06 bits per heavy atom. The summed E-state index contributed by atoms with van der Waals surface area (Å²) in [5.74, 6) is 3.69. The van der Waals surface area contributed by atoms with Crippen LogP contribution >= 0.6 is 0 Å². The number of hydrogen-bond acceptors (Lipinski definition) is 2. The number of aliphatic hydroxyl groups excluding tert-OH is 1. The summed E-state index contributed by atoms with van der Waals surface area (Å²) in [5, 5.41) is 9.48. The number of rotatable bonds is 2. The van der Waals surface area contributed by atoms with E-state index in [-0.39, 0.29) is 0 Å². The molecule has 0 radical (unpaired) electrons. The molecule has 1 saturated heterocycles. The van der Waals surface area contributed by atoms with Crippen LogP contribution in [-0.2, 0) is 4.74 Å². The molecule has 1 saturated carbocycles. The van der Waals surface area contributed by atoms with Crippen molar-refractivity contribution in [2.24, 2.45) is 29.6 Å². The van der Waals surface area contributed by atoms with Crippen molar-refractivity contribution in [3.05, 3.63) is 0 Å². The van der Waals surface area contributed by atoms with E-state index in [2.05, 4.69) is 20.8 Å². The van der Waals surface area contributed by atoms with Crippen molar-refractivity contribution in [2.45, 2.75) is 59.0 Å². The molecule has 0 amide bonds. The Kier molecular flexibility index (Phi) is 5.08. The Bertz CT molecular complexity index is 253. The molecule has 1 aliphatic carbocycles. The monoisotopic (exact) mass is 254 g/mol. The summed E-state index contributed by atoms with van der Waals surface area (Å²) in [6, 6.07) is 0. The van der Waals surface area contributed by atoms with Gasteiger partial charge in [0.25, 0.3) is 0 Å². The van der Waals surface area contributed by atoms with Gasteiger partial charge in [0.1, 0.15) is 0 Å². The van der Waals surface area contributed by atoms with E-state index in [1.165, 1.54) is 32.1 Å². The summed E-state index contributed by atoms with van der Waals surface area (Å²) in [6.07, 6.45) is 6.83. The molecule has 0 spiro atoms. The molecular weight excluding hydrogens is 224 g/mol. The van der Waals surface area contributed by atoms with Crippen molar-refractivity contribution in [3.63, 3.8) is 0 Å². The molecule has 2 heteroatoms. The first kappa shape index (κ1) is 14.3. The van der Waals surface area contributed by atoms with Gasteiger partial charge in [-0.25, -0.2) is 0 Å². The Morgan fingerprint density at radius 3 is 2.56 bits per heavy atom. The van der Waals surface area contributed by atoms with Crippen LogP contribution in [0, 0.1) is 29.6 Å². The maximum atomic E-state index is 9.48. The summed E-state index contributed by atoms with van der Waals surface area (Å²) in [4.78, 5) is 0. The van der Waals surface area contributed by atoms with Gasteiger partial charge in [-0.3, -0.25) is 0 Å². The van der Waals surface area contributed by atoms with Crippen LogP contribution in [0.1, 0.15) is 52.9 Å². The number of hydrogen-bond donors (Lipinski definition) is 1. The summed E-state index contributed by atoms with van der Waals surface area (Å²) in [6.45, 7) is 8.13.